The third-order valence-electron chi connectivity index (χ3n) is 4.03. The lowest BCUT2D eigenvalue weighted by Gasteiger charge is -2.18. The fraction of sp³-hybridized carbons (Fsp3) is 0.733. The molecule has 1 aromatic rings. The highest BCUT2D eigenvalue weighted by Crippen LogP contribution is 2.15. The molecule has 0 aromatic carbocycles. The summed E-state index contributed by atoms with van der Waals surface area (Å²) < 4.78 is 1.91. The molecule has 1 aromatic heterocycles. The van der Waals surface area contributed by atoms with Crippen LogP contribution in [-0.2, 0) is 31.2 Å². The smallest absolute Gasteiger partial charge is 0.237 e. The van der Waals surface area contributed by atoms with Gasteiger partial charge < -0.3 is 11.1 Å². The van der Waals surface area contributed by atoms with Gasteiger partial charge in [0, 0.05) is 24.8 Å². The van der Waals surface area contributed by atoms with E-state index >= 15 is 0 Å². The van der Waals surface area contributed by atoms with Crippen LogP contribution < -0.4 is 11.1 Å². The van der Waals surface area contributed by atoms with Crippen molar-refractivity contribution in [2.75, 3.05) is 0 Å². The van der Waals surface area contributed by atoms with Crippen LogP contribution in [0.4, 0.5) is 0 Å². The molecular formula is C15H28N4O. The standard InChI is InChI=1S/C15H28N4O/c1-6-10(4)14(16)15(20)17-9-11-12(7-2)18-19(5)13(11)8-3/h10,14H,6-9,16H2,1-5H3,(H,17,20). The van der Waals surface area contributed by atoms with Crippen molar-refractivity contribution in [2.24, 2.45) is 18.7 Å². The second-order valence-electron chi connectivity index (χ2n) is 5.33. The number of nitrogens with two attached hydrogens (primary N) is 1. The van der Waals surface area contributed by atoms with Gasteiger partial charge in [-0.15, -0.1) is 0 Å². The topological polar surface area (TPSA) is 72.9 Å². The third kappa shape index (κ3) is 3.60. The third-order valence-corrected chi connectivity index (χ3v) is 4.03. The van der Waals surface area contributed by atoms with Gasteiger partial charge in [0.1, 0.15) is 0 Å². The Morgan fingerprint density at radius 1 is 1.35 bits per heavy atom. The largest absolute Gasteiger partial charge is 0.351 e. The monoisotopic (exact) mass is 280 g/mol. The zero-order valence-corrected chi connectivity index (χ0v) is 13.4. The number of hydrogen-bond donors (Lipinski definition) is 2. The Balaban J connectivity index is 2.77. The molecule has 2 atom stereocenters. The summed E-state index contributed by atoms with van der Waals surface area (Å²) in [6.07, 6.45) is 2.68. The molecule has 1 rings (SSSR count). The van der Waals surface area contributed by atoms with Crippen molar-refractivity contribution in [1.29, 1.82) is 0 Å². The van der Waals surface area contributed by atoms with E-state index in [-0.39, 0.29) is 11.8 Å². The van der Waals surface area contributed by atoms with E-state index in [1.54, 1.807) is 0 Å². The molecule has 1 amide bonds. The Labute approximate surface area is 121 Å². The Morgan fingerprint density at radius 2 is 2.00 bits per heavy atom. The average molecular weight is 280 g/mol. The van der Waals surface area contributed by atoms with Crippen LogP contribution in [0.25, 0.3) is 0 Å². The molecule has 20 heavy (non-hydrogen) atoms. The first kappa shape index (κ1) is 16.7. The normalized spacial score (nSPS) is 14.1. The zero-order chi connectivity index (χ0) is 15.3. The van der Waals surface area contributed by atoms with Gasteiger partial charge in [-0.2, -0.15) is 5.10 Å². The number of aryl methyl sites for hydroxylation is 2. The highest BCUT2D eigenvalue weighted by molar-refractivity contribution is 5.81. The molecule has 5 nitrogen and oxygen atoms in total. The molecule has 0 aliphatic heterocycles. The Hall–Kier alpha value is -1.36. The predicted molar refractivity (Wildman–Crippen MR) is 81.2 cm³/mol. The molecule has 1 heterocycles. The molecule has 0 spiro atoms. The van der Waals surface area contributed by atoms with Crippen molar-refractivity contribution in [3.63, 3.8) is 0 Å². The van der Waals surface area contributed by atoms with Gasteiger partial charge in [0.2, 0.25) is 5.91 Å². The van der Waals surface area contributed by atoms with Gasteiger partial charge in [0.25, 0.3) is 0 Å². The van der Waals surface area contributed by atoms with Crippen LogP contribution in [0, 0.1) is 5.92 Å². The predicted octanol–water partition coefficient (Wildman–Crippen LogP) is 1.53. The van der Waals surface area contributed by atoms with E-state index in [2.05, 4.69) is 24.3 Å². The molecule has 3 N–H and O–H groups in total. The van der Waals surface area contributed by atoms with Crippen LogP contribution in [0.5, 0.6) is 0 Å². The molecule has 0 saturated carbocycles. The number of carbonyl (C=O) groups excluding carboxylic acids is 1. The molecule has 2 unspecified atom stereocenters. The first-order valence-corrected chi connectivity index (χ1v) is 7.53. The van der Waals surface area contributed by atoms with Gasteiger partial charge in [-0.05, 0) is 18.8 Å². The van der Waals surface area contributed by atoms with E-state index in [4.69, 9.17) is 5.73 Å². The Bertz CT molecular complexity index is 453. The fourth-order valence-electron chi connectivity index (χ4n) is 2.40. The SMILES string of the molecule is CCc1nn(C)c(CC)c1CNC(=O)C(N)C(C)CC. The molecule has 114 valence electrons. The molecule has 0 radical (unpaired) electrons. The summed E-state index contributed by atoms with van der Waals surface area (Å²) in [7, 11) is 1.95. The van der Waals surface area contributed by atoms with Gasteiger partial charge in [0.05, 0.1) is 11.7 Å². The van der Waals surface area contributed by atoms with Crippen molar-refractivity contribution in [1.82, 2.24) is 15.1 Å². The lowest BCUT2D eigenvalue weighted by Crippen LogP contribution is -2.44. The van der Waals surface area contributed by atoms with E-state index < -0.39 is 6.04 Å². The second kappa shape index (κ2) is 7.43. The number of rotatable bonds is 7. The van der Waals surface area contributed by atoms with E-state index in [1.807, 2.05) is 25.6 Å². The lowest BCUT2D eigenvalue weighted by molar-refractivity contribution is -0.123. The summed E-state index contributed by atoms with van der Waals surface area (Å²) in [4.78, 5) is 12.1. The minimum absolute atomic E-state index is 0.0766. The van der Waals surface area contributed by atoms with Crippen LogP contribution >= 0.6 is 0 Å². The summed E-state index contributed by atoms with van der Waals surface area (Å²) in [5.41, 5.74) is 9.33. The summed E-state index contributed by atoms with van der Waals surface area (Å²) in [5, 5.41) is 7.47. The average Bonchev–Trinajstić information content (AvgIpc) is 2.77. The van der Waals surface area contributed by atoms with Crippen molar-refractivity contribution >= 4 is 5.91 Å². The number of hydrogen-bond acceptors (Lipinski definition) is 3. The molecular weight excluding hydrogens is 252 g/mol. The summed E-state index contributed by atoms with van der Waals surface area (Å²) in [6.45, 7) is 8.75. The van der Waals surface area contributed by atoms with Crippen LogP contribution in [0.1, 0.15) is 51.1 Å². The maximum Gasteiger partial charge on any atom is 0.237 e. The van der Waals surface area contributed by atoms with Crippen molar-refractivity contribution < 1.29 is 4.79 Å². The van der Waals surface area contributed by atoms with Crippen LogP contribution in [0.2, 0.25) is 0 Å². The van der Waals surface area contributed by atoms with Crippen LogP contribution in [-0.4, -0.2) is 21.7 Å². The Morgan fingerprint density at radius 3 is 2.50 bits per heavy atom. The van der Waals surface area contributed by atoms with Gasteiger partial charge in [-0.3, -0.25) is 9.48 Å². The van der Waals surface area contributed by atoms with Gasteiger partial charge in [-0.1, -0.05) is 34.1 Å². The van der Waals surface area contributed by atoms with E-state index in [1.165, 1.54) is 5.69 Å². The number of aromatic nitrogens is 2. The van der Waals surface area contributed by atoms with Gasteiger partial charge >= 0.3 is 0 Å². The summed E-state index contributed by atoms with van der Waals surface area (Å²) in [5.74, 6) is 0.118. The quantitative estimate of drug-likeness (QED) is 0.795. The van der Waals surface area contributed by atoms with Gasteiger partial charge in [-0.25, -0.2) is 0 Å². The van der Waals surface area contributed by atoms with E-state index in [0.717, 1.165) is 30.5 Å². The number of amides is 1. The summed E-state index contributed by atoms with van der Waals surface area (Å²) in [6, 6.07) is -0.438. The highest BCUT2D eigenvalue weighted by atomic mass is 16.2. The van der Waals surface area contributed by atoms with Crippen molar-refractivity contribution in [3.05, 3.63) is 17.0 Å². The summed E-state index contributed by atoms with van der Waals surface area (Å²) >= 11 is 0. The Kier molecular flexibility index (Phi) is 6.20. The fourth-order valence-corrected chi connectivity index (χ4v) is 2.40. The minimum Gasteiger partial charge on any atom is -0.351 e. The zero-order valence-electron chi connectivity index (χ0n) is 13.4. The highest BCUT2D eigenvalue weighted by Gasteiger charge is 2.20. The molecule has 0 aliphatic carbocycles. The van der Waals surface area contributed by atoms with E-state index in [9.17, 15) is 4.79 Å². The molecule has 0 bridgehead atoms. The minimum atomic E-state index is -0.438. The lowest BCUT2D eigenvalue weighted by atomic mass is 9.99. The number of carbonyl (C=O) groups is 1. The maximum absolute atomic E-state index is 12.1. The van der Waals surface area contributed by atoms with Crippen molar-refractivity contribution in [2.45, 2.75) is 59.5 Å². The number of nitrogens with one attached hydrogen (secondary N) is 1. The van der Waals surface area contributed by atoms with Crippen molar-refractivity contribution in [3.8, 4) is 0 Å². The maximum atomic E-state index is 12.1. The first-order valence-electron chi connectivity index (χ1n) is 7.53. The molecule has 0 aliphatic rings. The first-order chi connectivity index (χ1) is 9.46. The number of nitrogens with zero attached hydrogens (tertiary/aromatic N) is 2. The second-order valence-corrected chi connectivity index (χ2v) is 5.33. The molecule has 0 fully saturated rings. The van der Waals surface area contributed by atoms with Crippen LogP contribution in [0.3, 0.4) is 0 Å². The van der Waals surface area contributed by atoms with Crippen LogP contribution in [0.15, 0.2) is 0 Å². The van der Waals surface area contributed by atoms with Gasteiger partial charge in [0.15, 0.2) is 0 Å². The molecule has 5 heteroatoms. The van der Waals surface area contributed by atoms with E-state index in [0.29, 0.717) is 6.54 Å². The molecule has 0 saturated heterocycles.